The molecule has 0 aliphatic carbocycles. The van der Waals surface area contributed by atoms with Gasteiger partial charge < -0.3 is 15.0 Å². The number of aromatic nitrogens is 2. The van der Waals surface area contributed by atoms with Crippen molar-refractivity contribution >= 4 is 11.8 Å². The maximum absolute atomic E-state index is 11.9. The van der Waals surface area contributed by atoms with Crippen LogP contribution in [-0.2, 0) is 11.3 Å². The summed E-state index contributed by atoms with van der Waals surface area (Å²) in [6.07, 6.45) is 4.82. The SMILES string of the molecule is CCn1ccnc(NCCC(C)(C)CCC(=O)O)c1=O. The van der Waals surface area contributed by atoms with Crippen LogP contribution in [0, 0.1) is 5.41 Å². The number of carbonyl (C=O) groups is 1. The fourth-order valence-electron chi connectivity index (χ4n) is 1.91. The first-order valence-corrected chi connectivity index (χ1v) is 6.87. The standard InChI is InChI=1S/C14H23N3O3/c1-4-17-10-9-16-12(13(17)20)15-8-7-14(2,3)6-5-11(18)19/h9-10H,4-8H2,1-3H3,(H,15,16)(H,18,19). The largest absolute Gasteiger partial charge is 0.481 e. The molecular formula is C14H23N3O3. The Kier molecular flexibility index (Phi) is 5.73. The van der Waals surface area contributed by atoms with Crippen LogP contribution in [0.5, 0.6) is 0 Å². The summed E-state index contributed by atoms with van der Waals surface area (Å²) in [5.41, 5.74) is -0.206. The molecule has 0 radical (unpaired) electrons. The van der Waals surface area contributed by atoms with Crippen molar-refractivity contribution in [2.45, 2.75) is 46.6 Å². The van der Waals surface area contributed by atoms with E-state index in [9.17, 15) is 9.59 Å². The molecule has 1 heterocycles. The van der Waals surface area contributed by atoms with E-state index in [-0.39, 0.29) is 17.4 Å². The Morgan fingerprint density at radius 3 is 2.75 bits per heavy atom. The highest BCUT2D eigenvalue weighted by molar-refractivity contribution is 5.66. The lowest BCUT2D eigenvalue weighted by atomic mass is 9.84. The molecule has 1 rings (SSSR count). The number of carboxylic acids is 1. The van der Waals surface area contributed by atoms with Crippen LogP contribution in [0.2, 0.25) is 0 Å². The lowest BCUT2D eigenvalue weighted by Gasteiger charge is -2.23. The van der Waals surface area contributed by atoms with Crippen molar-refractivity contribution in [3.63, 3.8) is 0 Å². The third kappa shape index (κ3) is 5.03. The Balaban J connectivity index is 2.52. The molecule has 6 nitrogen and oxygen atoms in total. The first-order valence-electron chi connectivity index (χ1n) is 6.87. The van der Waals surface area contributed by atoms with Crippen molar-refractivity contribution in [1.82, 2.24) is 9.55 Å². The van der Waals surface area contributed by atoms with Gasteiger partial charge in [0.15, 0.2) is 5.82 Å². The Hall–Kier alpha value is -1.85. The minimum absolute atomic E-state index is 0.0794. The minimum atomic E-state index is -0.776. The summed E-state index contributed by atoms with van der Waals surface area (Å²) in [6.45, 7) is 7.17. The molecule has 0 atom stereocenters. The summed E-state index contributed by atoms with van der Waals surface area (Å²) in [7, 11) is 0. The van der Waals surface area contributed by atoms with Crippen molar-refractivity contribution in [2.75, 3.05) is 11.9 Å². The highest BCUT2D eigenvalue weighted by atomic mass is 16.4. The van der Waals surface area contributed by atoms with Crippen LogP contribution in [0.4, 0.5) is 5.82 Å². The Morgan fingerprint density at radius 2 is 2.15 bits per heavy atom. The lowest BCUT2D eigenvalue weighted by Crippen LogP contribution is -2.25. The molecule has 1 aromatic rings. The zero-order valence-electron chi connectivity index (χ0n) is 12.3. The number of hydrogen-bond acceptors (Lipinski definition) is 4. The van der Waals surface area contributed by atoms with E-state index in [2.05, 4.69) is 10.3 Å². The molecule has 0 bridgehead atoms. The second kappa shape index (κ2) is 7.07. The summed E-state index contributed by atoms with van der Waals surface area (Å²) in [5, 5.41) is 11.7. The summed E-state index contributed by atoms with van der Waals surface area (Å²) in [4.78, 5) is 26.6. The van der Waals surface area contributed by atoms with Crippen LogP contribution in [0.25, 0.3) is 0 Å². The summed E-state index contributed by atoms with van der Waals surface area (Å²) in [5.74, 6) is -0.426. The Bertz CT molecular complexity index is 509. The second-order valence-electron chi connectivity index (χ2n) is 5.60. The predicted octanol–water partition coefficient (Wildman–Crippen LogP) is 1.96. The van der Waals surface area contributed by atoms with Crippen LogP contribution in [-0.4, -0.2) is 27.2 Å². The molecule has 0 aliphatic heterocycles. The van der Waals surface area contributed by atoms with E-state index in [1.165, 1.54) is 0 Å². The third-order valence-electron chi connectivity index (χ3n) is 3.36. The van der Waals surface area contributed by atoms with Gasteiger partial charge in [-0.05, 0) is 25.2 Å². The molecule has 112 valence electrons. The number of aryl methyl sites for hydroxylation is 1. The van der Waals surface area contributed by atoms with E-state index >= 15 is 0 Å². The monoisotopic (exact) mass is 281 g/mol. The van der Waals surface area contributed by atoms with Gasteiger partial charge in [-0.15, -0.1) is 0 Å². The lowest BCUT2D eigenvalue weighted by molar-refractivity contribution is -0.137. The van der Waals surface area contributed by atoms with Crippen molar-refractivity contribution in [3.8, 4) is 0 Å². The van der Waals surface area contributed by atoms with Gasteiger partial charge in [0.2, 0.25) is 0 Å². The van der Waals surface area contributed by atoms with Gasteiger partial charge in [0.25, 0.3) is 5.56 Å². The van der Waals surface area contributed by atoms with Crippen LogP contribution in [0.15, 0.2) is 17.2 Å². The number of aliphatic carboxylic acids is 1. The average molecular weight is 281 g/mol. The van der Waals surface area contributed by atoms with Crippen molar-refractivity contribution in [2.24, 2.45) is 5.41 Å². The summed E-state index contributed by atoms with van der Waals surface area (Å²) < 4.78 is 1.59. The van der Waals surface area contributed by atoms with Crippen molar-refractivity contribution in [1.29, 1.82) is 0 Å². The van der Waals surface area contributed by atoms with Crippen molar-refractivity contribution < 1.29 is 9.90 Å². The van der Waals surface area contributed by atoms with E-state index in [1.54, 1.807) is 17.0 Å². The number of nitrogens with zero attached hydrogens (tertiary/aromatic N) is 2. The molecular weight excluding hydrogens is 258 g/mol. The van der Waals surface area contributed by atoms with E-state index in [4.69, 9.17) is 5.11 Å². The van der Waals surface area contributed by atoms with E-state index < -0.39 is 5.97 Å². The van der Waals surface area contributed by atoms with Gasteiger partial charge >= 0.3 is 5.97 Å². The molecule has 20 heavy (non-hydrogen) atoms. The van der Waals surface area contributed by atoms with Gasteiger partial charge in [-0.1, -0.05) is 13.8 Å². The van der Waals surface area contributed by atoms with Gasteiger partial charge in [0.1, 0.15) is 0 Å². The summed E-state index contributed by atoms with van der Waals surface area (Å²) in [6, 6.07) is 0. The highest BCUT2D eigenvalue weighted by Crippen LogP contribution is 2.26. The van der Waals surface area contributed by atoms with Crippen LogP contribution >= 0.6 is 0 Å². The number of anilines is 1. The van der Waals surface area contributed by atoms with E-state index in [1.807, 2.05) is 20.8 Å². The van der Waals surface area contributed by atoms with E-state index in [0.29, 0.717) is 25.3 Å². The fraction of sp³-hybridized carbons (Fsp3) is 0.643. The molecule has 0 fully saturated rings. The maximum atomic E-state index is 11.9. The highest BCUT2D eigenvalue weighted by Gasteiger charge is 2.19. The molecule has 0 amide bonds. The van der Waals surface area contributed by atoms with E-state index in [0.717, 1.165) is 6.42 Å². The normalized spacial score (nSPS) is 11.3. The first-order chi connectivity index (χ1) is 9.35. The molecule has 0 unspecified atom stereocenters. The number of rotatable bonds is 8. The predicted molar refractivity (Wildman–Crippen MR) is 77.9 cm³/mol. The summed E-state index contributed by atoms with van der Waals surface area (Å²) >= 11 is 0. The smallest absolute Gasteiger partial charge is 0.303 e. The average Bonchev–Trinajstić information content (AvgIpc) is 2.38. The molecule has 0 aromatic carbocycles. The molecule has 6 heteroatoms. The van der Waals surface area contributed by atoms with Gasteiger partial charge in [0, 0.05) is 31.9 Å². The van der Waals surface area contributed by atoms with Crippen LogP contribution in [0.3, 0.4) is 0 Å². The van der Waals surface area contributed by atoms with Gasteiger partial charge in [-0.2, -0.15) is 0 Å². The topological polar surface area (TPSA) is 84.2 Å². The van der Waals surface area contributed by atoms with Crippen LogP contribution in [0.1, 0.15) is 40.0 Å². The first kappa shape index (κ1) is 16.2. The molecule has 0 saturated heterocycles. The number of carboxylic acid groups (broad SMARTS) is 1. The van der Waals surface area contributed by atoms with Crippen molar-refractivity contribution in [3.05, 3.63) is 22.7 Å². The second-order valence-corrected chi connectivity index (χ2v) is 5.60. The van der Waals surface area contributed by atoms with Gasteiger partial charge in [0.05, 0.1) is 0 Å². The molecule has 0 aliphatic rings. The minimum Gasteiger partial charge on any atom is -0.481 e. The number of nitrogens with one attached hydrogen (secondary N) is 1. The molecule has 2 N–H and O–H groups in total. The molecule has 0 spiro atoms. The molecule has 0 saturated carbocycles. The zero-order chi connectivity index (χ0) is 15.2. The maximum Gasteiger partial charge on any atom is 0.303 e. The van der Waals surface area contributed by atoms with Gasteiger partial charge in [-0.25, -0.2) is 4.98 Å². The zero-order valence-corrected chi connectivity index (χ0v) is 12.3. The van der Waals surface area contributed by atoms with Crippen LogP contribution < -0.4 is 10.9 Å². The molecule has 1 aromatic heterocycles. The fourth-order valence-corrected chi connectivity index (χ4v) is 1.91. The Morgan fingerprint density at radius 1 is 1.45 bits per heavy atom. The quantitative estimate of drug-likeness (QED) is 0.761. The Labute approximate surface area is 118 Å². The van der Waals surface area contributed by atoms with Gasteiger partial charge in [-0.3, -0.25) is 9.59 Å². The third-order valence-corrected chi connectivity index (χ3v) is 3.36. The number of hydrogen-bond donors (Lipinski definition) is 2.